The number of rotatable bonds is 15. The van der Waals surface area contributed by atoms with E-state index in [1.165, 1.54) is 12.1 Å². The molecule has 0 spiro atoms. The first-order valence-corrected chi connectivity index (χ1v) is 20.7. The number of ether oxygens (including phenoxy) is 1. The smallest absolute Gasteiger partial charge is 0.271 e. The van der Waals surface area contributed by atoms with Crippen molar-refractivity contribution in [3.8, 4) is 11.8 Å². The van der Waals surface area contributed by atoms with Crippen molar-refractivity contribution in [1.82, 2.24) is 15.1 Å². The van der Waals surface area contributed by atoms with Crippen LogP contribution in [0.3, 0.4) is 0 Å². The van der Waals surface area contributed by atoms with Gasteiger partial charge in [0.1, 0.15) is 18.4 Å². The molecule has 2 saturated heterocycles. The number of anilines is 3. The maximum atomic E-state index is 12.9. The number of halogens is 2. The monoisotopic (exact) mass is 845 g/mol. The summed E-state index contributed by atoms with van der Waals surface area (Å²) in [6, 6.07) is 18.9. The van der Waals surface area contributed by atoms with Gasteiger partial charge in [0, 0.05) is 75.1 Å². The second kappa shape index (κ2) is 21.3. The SMILES string of the molecule is CCC(=O)C(C)(C)N(C(C)=S)c1ccc(OCCN2CCN(CC(=O)Nc3cccc(NC4CCC(=O)NC4=O)c3)CC2)c(CC)c1.Cc1ccc(C#N)c(C(C)(F)F)c1. The Morgan fingerprint density at radius 1 is 1.00 bits per heavy atom. The number of Topliss-reactive ketones (excluding diaryl/α,β-unsaturated/α-hetero) is 1. The largest absolute Gasteiger partial charge is 0.492 e. The van der Waals surface area contributed by atoms with Crippen LogP contribution in [-0.4, -0.2) is 95.7 Å². The average molecular weight is 846 g/mol. The van der Waals surface area contributed by atoms with Crippen molar-refractivity contribution in [1.29, 1.82) is 5.26 Å². The normalized spacial score (nSPS) is 16.1. The maximum Gasteiger partial charge on any atom is 0.271 e. The molecule has 3 amide bonds. The summed E-state index contributed by atoms with van der Waals surface area (Å²) < 4.78 is 32.1. The standard InChI is InChI=1S/C35H48N6O5S.C10H9F2N/c1-6-25-21-28(41(24(3)47)35(4,5)31(42)7-2)11-13-30(25)46-20-19-39-15-17-40(18-16-39)23-33(44)37-27-10-8-9-26(22-27)36-29-12-14-32(43)38-34(29)45;1-7-3-4-8(6-13)9(5-7)10(2,11)12/h8-11,13,21-22,29,36H,6-7,12,14-20,23H2,1-5H3,(H,37,44)(H,38,43,45);3-5H,1-2H3. The molecule has 0 saturated carbocycles. The van der Waals surface area contributed by atoms with Crippen LogP contribution < -0.4 is 25.6 Å². The van der Waals surface area contributed by atoms with Gasteiger partial charge in [0.2, 0.25) is 17.7 Å². The van der Waals surface area contributed by atoms with Gasteiger partial charge >= 0.3 is 0 Å². The Labute approximate surface area is 357 Å². The van der Waals surface area contributed by atoms with Crippen LogP contribution in [0.15, 0.2) is 60.7 Å². The molecule has 5 rings (SSSR count). The number of nitrogens with one attached hydrogen (secondary N) is 3. The predicted octanol–water partition coefficient (Wildman–Crippen LogP) is 6.99. The van der Waals surface area contributed by atoms with Crippen molar-refractivity contribution in [3.63, 3.8) is 0 Å². The summed E-state index contributed by atoms with van der Waals surface area (Å²) in [7, 11) is 0. The lowest BCUT2D eigenvalue weighted by Gasteiger charge is -2.38. The number of nitrogens with zero attached hydrogens (tertiary/aromatic N) is 4. The average Bonchev–Trinajstić information content (AvgIpc) is 3.19. The zero-order valence-electron chi connectivity index (χ0n) is 35.6. The summed E-state index contributed by atoms with van der Waals surface area (Å²) in [4.78, 5) is 56.1. The Bertz CT molecular complexity index is 2070. The van der Waals surface area contributed by atoms with Gasteiger partial charge in [-0.15, -0.1) is 0 Å². The van der Waals surface area contributed by atoms with Crippen LogP contribution in [-0.2, 0) is 31.5 Å². The molecule has 60 heavy (non-hydrogen) atoms. The highest BCUT2D eigenvalue weighted by Crippen LogP contribution is 2.32. The molecule has 2 fully saturated rings. The zero-order valence-corrected chi connectivity index (χ0v) is 36.4. The van der Waals surface area contributed by atoms with Crippen molar-refractivity contribution in [2.24, 2.45) is 0 Å². The van der Waals surface area contributed by atoms with Gasteiger partial charge in [0.15, 0.2) is 5.78 Å². The van der Waals surface area contributed by atoms with Gasteiger partial charge in [0.25, 0.3) is 5.92 Å². The molecule has 3 N–H and O–H groups in total. The molecule has 2 heterocycles. The maximum absolute atomic E-state index is 12.9. The van der Waals surface area contributed by atoms with Crippen molar-refractivity contribution in [3.05, 3.63) is 82.9 Å². The van der Waals surface area contributed by atoms with Crippen LogP contribution in [0.1, 0.15) is 83.1 Å². The van der Waals surface area contributed by atoms with Crippen LogP contribution in [0.2, 0.25) is 0 Å². The number of imide groups is 1. The van der Waals surface area contributed by atoms with Crippen LogP contribution in [0.5, 0.6) is 5.75 Å². The molecule has 322 valence electrons. The van der Waals surface area contributed by atoms with Gasteiger partial charge in [-0.25, -0.2) is 8.78 Å². The number of amides is 3. The van der Waals surface area contributed by atoms with E-state index in [0.717, 1.165) is 68.6 Å². The van der Waals surface area contributed by atoms with Crippen LogP contribution in [0, 0.1) is 18.3 Å². The molecule has 1 atom stereocenters. The highest BCUT2D eigenvalue weighted by molar-refractivity contribution is 7.80. The lowest BCUT2D eigenvalue weighted by molar-refractivity contribution is -0.133. The van der Waals surface area contributed by atoms with Crippen molar-refractivity contribution < 1.29 is 32.7 Å². The number of thiocarbonyl (C=S) groups is 1. The van der Waals surface area contributed by atoms with Gasteiger partial charge in [-0.1, -0.05) is 43.8 Å². The summed E-state index contributed by atoms with van der Waals surface area (Å²) in [5, 5.41) is 17.0. The third-order valence-corrected chi connectivity index (χ3v) is 10.7. The lowest BCUT2D eigenvalue weighted by atomic mass is 9.93. The van der Waals surface area contributed by atoms with E-state index in [-0.39, 0.29) is 34.6 Å². The number of benzene rings is 3. The summed E-state index contributed by atoms with van der Waals surface area (Å²) in [5.74, 6) is -2.67. The zero-order chi connectivity index (χ0) is 44.2. The second-order valence-corrected chi connectivity index (χ2v) is 16.2. The summed E-state index contributed by atoms with van der Waals surface area (Å²) >= 11 is 5.56. The third kappa shape index (κ3) is 13.1. The summed E-state index contributed by atoms with van der Waals surface area (Å²) in [5.41, 5.74) is 3.14. The Kier molecular flexibility index (Phi) is 16.8. The number of ketones is 1. The number of carbonyl (C=O) groups is 4. The Hall–Kier alpha value is -5.30. The summed E-state index contributed by atoms with van der Waals surface area (Å²) in [6.45, 7) is 17.0. The number of hydrogen-bond acceptors (Lipinski definition) is 10. The molecule has 12 nitrogen and oxygen atoms in total. The molecule has 0 aliphatic carbocycles. The van der Waals surface area contributed by atoms with Gasteiger partial charge in [-0.2, -0.15) is 5.26 Å². The molecule has 15 heteroatoms. The fraction of sp³-hybridized carbons (Fsp3) is 0.467. The molecule has 3 aromatic rings. The fourth-order valence-corrected chi connectivity index (χ4v) is 7.61. The Morgan fingerprint density at radius 2 is 1.68 bits per heavy atom. The topological polar surface area (TPSA) is 147 Å². The van der Waals surface area contributed by atoms with Crippen molar-refractivity contribution >= 4 is 57.8 Å². The van der Waals surface area contributed by atoms with Crippen LogP contribution in [0.4, 0.5) is 25.8 Å². The number of nitriles is 1. The van der Waals surface area contributed by atoms with Crippen molar-refractivity contribution in [2.75, 3.05) is 61.4 Å². The Balaban J connectivity index is 0.000000519. The van der Waals surface area contributed by atoms with Crippen LogP contribution in [0.25, 0.3) is 0 Å². The first kappa shape index (κ1) is 47.4. The first-order valence-electron chi connectivity index (χ1n) is 20.3. The summed E-state index contributed by atoms with van der Waals surface area (Å²) in [6.07, 6.45) is 1.96. The molecule has 1 unspecified atom stereocenters. The minimum absolute atomic E-state index is 0.0399. The number of alkyl halides is 2. The predicted molar refractivity (Wildman–Crippen MR) is 235 cm³/mol. The molecule has 0 bridgehead atoms. The van der Waals surface area contributed by atoms with Gasteiger partial charge < -0.3 is 20.3 Å². The van der Waals surface area contributed by atoms with E-state index in [0.29, 0.717) is 48.8 Å². The highest BCUT2D eigenvalue weighted by Gasteiger charge is 2.35. The lowest BCUT2D eigenvalue weighted by Crippen LogP contribution is -2.52. The minimum atomic E-state index is -2.95. The molecule has 0 aromatic heterocycles. The molecular formula is C45H57F2N7O5S. The van der Waals surface area contributed by atoms with E-state index < -0.39 is 17.5 Å². The number of carbonyl (C=O) groups excluding carboxylic acids is 4. The van der Waals surface area contributed by atoms with Crippen LogP contribution >= 0.6 is 12.2 Å². The van der Waals surface area contributed by atoms with E-state index in [4.69, 9.17) is 22.2 Å². The number of piperazine rings is 1. The second-order valence-electron chi connectivity index (χ2n) is 15.6. The van der Waals surface area contributed by atoms with E-state index in [1.807, 2.05) is 62.9 Å². The van der Waals surface area contributed by atoms with Gasteiger partial charge in [-0.05, 0) is 94.6 Å². The quantitative estimate of drug-likeness (QED) is 0.108. The van der Waals surface area contributed by atoms with Gasteiger partial charge in [-0.3, -0.25) is 34.3 Å². The molecule has 3 aromatic carbocycles. The minimum Gasteiger partial charge on any atom is -0.492 e. The van der Waals surface area contributed by atoms with E-state index in [9.17, 15) is 28.0 Å². The van der Waals surface area contributed by atoms with E-state index >= 15 is 0 Å². The number of piperidine rings is 1. The van der Waals surface area contributed by atoms with E-state index in [2.05, 4.69) is 38.7 Å². The van der Waals surface area contributed by atoms with Crippen molar-refractivity contribution in [2.45, 2.75) is 91.7 Å². The number of hydrogen-bond donors (Lipinski definition) is 3. The number of aryl methyl sites for hydroxylation is 2. The molecule has 2 aliphatic rings. The molecule has 2 aliphatic heterocycles. The fourth-order valence-electron chi connectivity index (χ4n) is 7.27. The molecular weight excluding hydrogens is 789 g/mol. The van der Waals surface area contributed by atoms with Gasteiger partial charge in [0.05, 0.1) is 28.7 Å². The first-order chi connectivity index (χ1) is 28.4. The Morgan fingerprint density at radius 3 is 2.30 bits per heavy atom. The molecule has 0 radical (unpaired) electrons. The third-order valence-electron chi connectivity index (χ3n) is 10.6. The highest BCUT2D eigenvalue weighted by atomic mass is 32.1. The van der Waals surface area contributed by atoms with E-state index in [1.54, 1.807) is 25.1 Å².